The van der Waals surface area contributed by atoms with Crippen molar-refractivity contribution in [1.82, 2.24) is 4.98 Å². The maximum Gasteiger partial charge on any atom is 0.295 e. The highest BCUT2D eigenvalue weighted by atomic mass is 127. The minimum atomic E-state index is -4.35. The summed E-state index contributed by atoms with van der Waals surface area (Å²) in [4.78, 5) is 4.08. The molecule has 0 spiro atoms. The van der Waals surface area contributed by atoms with Gasteiger partial charge >= 0.3 is 0 Å². The second kappa shape index (κ2) is 5.82. The Morgan fingerprint density at radius 2 is 2.05 bits per heavy atom. The van der Waals surface area contributed by atoms with E-state index in [2.05, 4.69) is 11.9 Å². The number of halogens is 1. The van der Waals surface area contributed by atoms with Crippen LogP contribution in [-0.4, -0.2) is 23.1 Å². The molecule has 0 aliphatic carbocycles. The molecule has 20 heavy (non-hydrogen) atoms. The number of pyridine rings is 1. The SMILES string of the molecule is CCCCc1ccc2c(S(=O)(=O)O)cc(I)c(O)c2n1. The fourth-order valence-electron chi connectivity index (χ4n) is 1.96. The Morgan fingerprint density at radius 3 is 2.65 bits per heavy atom. The first-order chi connectivity index (χ1) is 9.34. The summed E-state index contributed by atoms with van der Waals surface area (Å²) in [5.41, 5.74) is 0.996. The maximum absolute atomic E-state index is 11.4. The van der Waals surface area contributed by atoms with Gasteiger partial charge in [-0.2, -0.15) is 8.42 Å². The van der Waals surface area contributed by atoms with Crippen LogP contribution in [0, 0.1) is 3.57 Å². The number of hydrogen-bond acceptors (Lipinski definition) is 4. The Morgan fingerprint density at radius 1 is 1.35 bits per heavy atom. The number of aromatic nitrogens is 1. The Balaban J connectivity index is 2.72. The van der Waals surface area contributed by atoms with Crippen LogP contribution in [0.1, 0.15) is 25.5 Å². The molecule has 1 aromatic carbocycles. The summed E-state index contributed by atoms with van der Waals surface area (Å²) >= 11 is 1.81. The predicted octanol–water partition coefficient (Wildman–Crippen LogP) is 3.13. The van der Waals surface area contributed by atoms with E-state index in [1.165, 1.54) is 6.07 Å². The molecule has 2 rings (SSSR count). The summed E-state index contributed by atoms with van der Waals surface area (Å²) in [6, 6.07) is 4.53. The molecule has 7 heteroatoms. The van der Waals surface area contributed by atoms with E-state index in [0.717, 1.165) is 25.0 Å². The summed E-state index contributed by atoms with van der Waals surface area (Å²) in [5.74, 6) is -0.0636. The van der Waals surface area contributed by atoms with Crippen LogP contribution in [0.25, 0.3) is 10.9 Å². The molecule has 2 N–H and O–H groups in total. The van der Waals surface area contributed by atoms with Crippen molar-refractivity contribution in [2.24, 2.45) is 0 Å². The van der Waals surface area contributed by atoms with Crippen molar-refractivity contribution in [1.29, 1.82) is 0 Å². The first-order valence-electron chi connectivity index (χ1n) is 6.13. The molecule has 0 radical (unpaired) electrons. The van der Waals surface area contributed by atoms with E-state index in [9.17, 15) is 18.1 Å². The van der Waals surface area contributed by atoms with E-state index in [0.29, 0.717) is 3.57 Å². The van der Waals surface area contributed by atoms with E-state index in [1.807, 2.05) is 22.6 Å². The van der Waals surface area contributed by atoms with Gasteiger partial charge in [-0.3, -0.25) is 4.55 Å². The average molecular weight is 407 g/mol. The standard InChI is InChI=1S/C13H14INO4S/c1-2-3-4-8-5-6-9-11(20(17,18)19)7-10(14)13(16)12(9)15-8/h5-7,16H,2-4H2,1H3,(H,17,18,19). The van der Waals surface area contributed by atoms with Crippen molar-refractivity contribution >= 4 is 43.6 Å². The van der Waals surface area contributed by atoms with Crippen molar-refractivity contribution in [2.45, 2.75) is 31.1 Å². The number of phenolic OH excluding ortho intramolecular Hbond substituents is 1. The van der Waals surface area contributed by atoms with Crippen LogP contribution >= 0.6 is 22.6 Å². The number of fused-ring (bicyclic) bond motifs is 1. The van der Waals surface area contributed by atoms with Crippen LogP contribution in [0.5, 0.6) is 5.75 Å². The summed E-state index contributed by atoms with van der Waals surface area (Å²) in [6.45, 7) is 2.07. The fraction of sp³-hybridized carbons (Fsp3) is 0.308. The highest BCUT2D eigenvalue weighted by Gasteiger charge is 2.19. The number of rotatable bonds is 4. The molecule has 0 saturated carbocycles. The van der Waals surface area contributed by atoms with E-state index in [4.69, 9.17) is 0 Å². The van der Waals surface area contributed by atoms with Gasteiger partial charge < -0.3 is 5.11 Å². The van der Waals surface area contributed by atoms with Crippen molar-refractivity contribution in [3.05, 3.63) is 27.5 Å². The third-order valence-electron chi connectivity index (χ3n) is 2.99. The lowest BCUT2D eigenvalue weighted by molar-refractivity contribution is 0.474. The molecule has 0 amide bonds. The van der Waals surface area contributed by atoms with Crippen LogP contribution in [0.2, 0.25) is 0 Å². The molecule has 0 aliphatic rings. The number of nitrogens with zero attached hydrogens (tertiary/aromatic N) is 1. The minimum Gasteiger partial charge on any atom is -0.505 e. The summed E-state index contributed by atoms with van der Waals surface area (Å²) in [5, 5.41) is 10.3. The molecular formula is C13H14INO4S. The van der Waals surface area contributed by atoms with Gasteiger partial charge in [0.05, 0.1) is 3.57 Å². The van der Waals surface area contributed by atoms with Crippen LogP contribution in [0.3, 0.4) is 0 Å². The van der Waals surface area contributed by atoms with Crippen molar-refractivity contribution in [3.63, 3.8) is 0 Å². The largest absolute Gasteiger partial charge is 0.505 e. The summed E-state index contributed by atoms with van der Waals surface area (Å²) in [7, 11) is -4.35. The smallest absolute Gasteiger partial charge is 0.295 e. The number of aryl methyl sites for hydroxylation is 1. The topological polar surface area (TPSA) is 87.5 Å². The fourth-order valence-corrected chi connectivity index (χ4v) is 3.45. The molecule has 108 valence electrons. The lowest BCUT2D eigenvalue weighted by atomic mass is 10.1. The zero-order chi connectivity index (χ0) is 14.9. The Bertz CT molecular complexity index is 759. The lowest BCUT2D eigenvalue weighted by Gasteiger charge is -2.09. The third-order valence-corrected chi connectivity index (χ3v) is 4.71. The molecule has 2 aromatic rings. The number of phenols is 1. The average Bonchev–Trinajstić information content (AvgIpc) is 2.39. The molecule has 0 fully saturated rings. The number of hydrogen-bond donors (Lipinski definition) is 2. The zero-order valence-corrected chi connectivity index (χ0v) is 13.8. The molecule has 0 saturated heterocycles. The van der Waals surface area contributed by atoms with Crippen LogP contribution in [-0.2, 0) is 16.5 Å². The third kappa shape index (κ3) is 3.04. The van der Waals surface area contributed by atoms with Gasteiger partial charge in [0.2, 0.25) is 0 Å². The van der Waals surface area contributed by atoms with Gasteiger partial charge in [0.15, 0.2) is 5.75 Å². The van der Waals surface area contributed by atoms with Gasteiger partial charge in [-0.05, 0) is 53.6 Å². The maximum atomic E-state index is 11.4. The number of unbranched alkanes of at least 4 members (excludes halogenated alkanes) is 1. The molecule has 0 unspecified atom stereocenters. The number of aromatic hydroxyl groups is 1. The van der Waals surface area contributed by atoms with Gasteiger partial charge in [-0.15, -0.1) is 0 Å². The zero-order valence-electron chi connectivity index (χ0n) is 10.8. The Labute approximate surface area is 130 Å². The molecule has 0 bridgehead atoms. The van der Waals surface area contributed by atoms with E-state index >= 15 is 0 Å². The summed E-state index contributed by atoms with van der Waals surface area (Å²) in [6.07, 6.45) is 2.75. The van der Waals surface area contributed by atoms with E-state index in [-0.39, 0.29) is 21.5 Å². The second-order valence-electron chi connectivity index (χ2n) is 4.48. The molecular weight excluding hydrogens is 393 g/mol. The van der Waals surface area contributed by atoms with Crippen molar-refractivity contribution < 1.29 is 18.1 Å². The van der Waals surface area contributed by atoms with Crippen molar-refractivity contribution in [2.75, 3.05) is 0 Å². The van der Waals surface area contributed by atoms with Crippen LogP contribution in [0.4, 0.5) is 0 Å². The van der Waals surface area contributed by atoms with Gasteiger partial charge in [0, 0.05) is 11.1 Å². The number of benzene rings is 1. The molecule has 0 atom stereocenters. The van der Waals surface area contributed by atoms with E-state index < -0.39 is 10.1 Å². The lowest BCUT2D eigenvalue weighted by Crippen LogP contribution is -2.02. The van der Waals surface area contributed by atoms with Gasteiger partial charge in [-0.1, -0.05) is 13.3 Å². The molecule has 5 nitrogen and oxygen atoms in total. The monoisotopic (exact) mass is 407 g/mol. The molecule has 1 heterocycles. The normalized spacial score (nSPS) is 11.9. The van der Waals surface area contributed by atoms with Gasteiger partial charge in [0.25, 0.3) is 10.1 Å². The van der Waals surface area contributed by atoms with E-state index in [1.54, 1.807) is 12.1 Å². The molecule has 0 aliphatic heterocycles. The van der Waals surface area contributed by atoms with Crippen LogP contribution < -0.4 is 0 Å². The quantitative estimate of drug-likeness (QED) is 0.601. The second-order valence-corrected chi connectivity index (χ2v) is 7.03. The molecule has 1 aromatic heterocycles. The van der Waals surface area contributed by atoms with Gasteiger partial charge in [0.1, 0.15) is 10.4 Å². The first kappa shape index (κ1) is 15.5. The first-order valence-corrected chi connectivity index (χ1v) is 8.65. The highest BCUT2D eigenvalue weighted by molar-refractivity contribution is 14.1. The minimum absolute atomic E-state index is 0.0636. The van der Waals surface area contributed by atoms with Gasteiger partial charge in [-0.25, -0.2) is 4.98 Å². The highest BCUT2D eigenvalue weighted by Crippen LogP contribution is 2.33. The Hall–Kier alpha value is -0.930. The summed E-state index contributed by atoms with van der Waals surface area (Å²) < 4.78 is 32.4. The van der Waals surface area contributed by atoms with Crippen LogP contribution in [0.15, 0.2) is 23.1 Å². The Kier molecular flexibility index (Phi) is 4.50. The van der Waals surface area contributed by atoms with Crippen molar-refractivity contribution in [3.8, 4) is 5.75 Å². The predicted molar refractivity (Wildman–Crippen MR) is 84.6 cm³/mol.